The molecule has 2 amide bonds. The van der Waals surface area contributed by atoms with Crippen LogP contribution in [0.5, 0.6) is 0 Å². The maximum absolute atomic E-state index is 14.0. The van der Waals surface area contributed by atoms with Crippen LogP contribution >= 0.6 is 0 Å². The second-order valence-corrected chi connectivity index (χ2v) is 12.7. The number of rotatable bonds is 8. The Bertz CT molecular complexity index is 1800. The van der Waals surface area contributed by atoms with Crippen LogP contribution in [0.2, 0.25) is 0 Å². The van der Waals surface area contributed by atoms with E-state index in [0.29, 0.717) is 34.7 Å². The summed E-state index contributed by atoms with van der Waals surface area (Å²) in [6.45, 7) is 2.19. The fourth-order valence-corrected chi connectivity index (χ4v) is 6.60. The molecule has 220 valence electrons. The lowest BCUT2D eigenvalue weighted by Gasteiger charge is -2.14. The molecule has 5 rings (SSSR count). The lowest BCUT2D eigenvalue weighted by molar-refractivity contribution is 0.0991. The van der Waals surface area contributed by atoms with Crippen LogP contribution < -0.4 is 10.6 Å². The van der Waals surface area contributed by atoms with E-state index in [-0.39, 0.29) is 35.1 Å². The largest absolute Gasteiger partial charge is 0.459 e. The van der Waals surface area contributed by atoms with Crippen molar-refractivity contribution in [3.63, 3.8) is 0 Å². The topological polar surface area (TPSA) is 134 Å². The van der Waals surface area contributed by atoms with E-state index in [4.69, 9.17) is 4.42 Å². The Morgan fingerprint density at radius 1 is 1.05 bits per heavy atom. The Hall–Kier alpha value is -4.56. The molecule has 0 radical (unpaired) electrons. The summed E-state index contributed by atoms with van der Waals surface area (Å²) >= 11 is 0. The van der Waals surface area contributed by atoms with Crippen molar-refractivity contribution in [2.45, 2.75) is 43.2 Å². The third-order valence-corrected chi connectivity index (χ3v) is 9.31. The molecule has 10 heteroatoms. The highest BCUT2D eigenvalue weighted by Crippen LogP contribution is 2.20. The lowest BCUT2D eigenvalue weighted by Crippen LogP contribution is -2.32. The number of nitrogens with one attached hydrogen (secondary N) is 2. The first-order valence-corrected chi connectivity index (χ1v) is 15.7. The molecule has 3 atom stereocenters. The van der Waals surface area contributed by atoms with Crippen LogP contribution in [0, 0.1) is 18.8 Å². The van der Waals surface area contributed by atoms with Crippen LogP contribution in [0.15, 0.2) is 99.1 Å². The van der Waals surface area contributed by atoms with Gasteiger partial charge in [-0.05, 0) is 68.7 Å². The molecule has 43 heavy (non-hydrogen) atoms. The molecule has 2 aromatic heterocycles. The number of aryl methyl sites for hydroxylation is 1. The second kappa shape index (κ2) is 13.6. The fraction of sp³-hybridized carbons (Fsp3) is 0.242. The number of amides is 2. The van der Waals surface area contributed by atoms with Gasteiger partial charge < -0.3 is 20.2 Å². The summed E-state index contributed by atoms with van der Waals surface area (Å²) in [6, 6.07) is 19.3. The van der Waals surface area contributed by atoms with Crippen LogP contribution in [0.1, 0.15) is 56.9 Å². The first-order valence-electron chi connectivity index (χ1n) is 14.0. The molecule has 1 aliphatic carbocycles. The third kappa shape index (κ3) is 7.84. The van der Waals surface area contributed by atoms with Gasteiger partial charge in [0.2, 0.25) is 0 Å². The summed E-state index contributed by atoms with van der Waals surface area (Å²) in [7, 11) is -3.08. The van der Waals surface area contributed by atoms with Crippen molar-refractivity contribution in [1.29, 1.82) is 0 Å². The van der Waals surface area contributed by atoms with Crippen LogP contribution in [-0.2, 0) is 9.73 Å². The van der Waals surface area contributed by atoms with Crippen molar-refractivity contribution < 1.29 is 23.3 Å². The number of carbonyl (C=O) groups is 2. The van der Waals surface area contributed by atoms with Crippen molar-refractivity contribution in [3.8, 4) is 11.8 Å². The maximum Gasteiger partial charge on any atom is 0.291 e. The van der Waals surface area contributed by atoms with E-state index in [1.54, 1.807) is 67.6 Å². The normalized spacial score (nSPS) is 17.3. The zero-order valence-corrected chi connectivity index (χ0v) is 24.5. The summed E-state index contributed by atoms with van der Waals surface area (Å²) in [4.78, 5) is 30.4. The molecule has 2 unspecified atom stereocenters. The number of benzene rings is 2. The number of pyridine rings is 1. The Labute approximate surface area is 250 Å². The predicted molar refractivity (Wildman–Crippen MR) is 164 cm³/mol. The van der Waals surface area contributed by atoms with Gasteiger partial charge in [-0.3, -0.25) is 14.6 Å². The number of hydrogen-bond acceptors (Lipinski definition) is 7. The van der Waals surface area contributed by atoms with Crippen LogP contribution in [0.3, 0.4) is 0 Å². The van der Waals surface area contributed by atoms with Gasteiger partial charge in [0, 0.05) is 58.0 Å². The van der Waals surface area contributed by atoms with Crippen molar-refractivity contribution in [3.05, 3.63) is 113 Å². The van der Waals surface area contributed by atoms with Gasteiger partial charge in [-0.25, -0.2) is 4.21 Å². The third-order valence-electron chi connectivity index (χ3n) is 7.08. The zero-order chi connectivity index (χ0) is 30.2. The molecule has 0 aliphatic heterocycles. The highest BCUT2D eigenvalue weighted by molar-refractivity contribution is 7.94. The van der Waals surface area contributed by atoms with Crippen LogP contribution in [0.25, 0.3) is 0 Å². The number of hydrogen-bond donors (Lipinski definition) is 3. The smallest absolute Gasteiger partial charge is 0.291 e. The van der Waals surface area contributed by atoms with E-state index in [2.05, 4.69) is 31.8 Å². The average Bonchev–Trinajstić information content (AvgIpc) is 3.64. The molecule has 1 saturated carbocycles. The van der Waals surface area contributed by atoms with Crippen molar-refractivity contribution in [1.82, 2.24) is 10.3 Å². The average molecular weight is 597 g/mol. The minimum atomic E-state index is -3.08. The van der Waals surface area contributed by atoms with Gasteiger partial charge in [-0.15, -0.1) is 0 Å². The van der Waals surface area contributed by atoms with Gasteiger partial charge >= 0.3 is 0 Å². The summed E-state index contributed by atoms with van der Waals surface area (Å²) in [5, 5.41) is 15.9. The quantitative estimate of drug-likeness (QED) is 0.249. The first kappa shape index (κ1) is 29.9. The number of furan rings is 1. The summed E-state index contributed by atoms with van der Waals surface area (Å²) in [5.74, 6) is 5.43. The van der Waals surface area contributed by atoms with E-state index in [9.17, 15) is 18.9 Å². The molecule has 1 aliphatic rings. The van der Waals surface area contributed by atoms with E-state index in [1.807, 2.05) is 6.07 Å². The molecule has 0 spiro atoms. The number of anilines is 1. The SMILES string of the molecule is Cc1ccoc1C(=O)Nc1cccc(C#Cc2cncc(C(=O)N=[S@](=O)(CCNC3CCC(O)C3)c3ccccc3)c2)c1. The van der Waals surface area contributed by atoms with Gasteiger partial charge in [-0.2, -0.15) is 4.36 Å². The molecular weight excluding hydrogens is 564 g/mol. The molecule has 0 saturated heterocycles. The molecule has 3 N–H and O–H groups in total. The Balaban J connectivity index is 1.32. The molecule has 2 heterocycles. The molecular formula is C33H32N4O5S. The van der Waals surface area contributed by atoms with Gasteiger partial charge in [0.05, 0.1) is 27.7 Å². The highest BCUT2D eigenvalue weighted by Gasteiger charge is 2.23. The van der Waals surface area contributed by atoms with Crippen molar-refractivity contribution in [2.75, 3.05) is 17.6 Å². The minimum absolute atomic E-state index is 0.147. The molecule has 9 nitrogen and oxygen atoms in total. The summed E-state index contributed by atoms with van der Waals surface area (Å²) in [5.41, 5.74) is 2.60. The molecule has 4 aromatic rings. The van der Waals surface area contributed by atoms with E-state index < -0.39 is 15.6 Å². The fourth-order valence-electron chi connectivity index (χ4n) is 4.82. The second-order valence-electron chi connectivity index (χ2n) is 10.4. The van der Waals surface area contributed by atoms with Crippen LogP contribution in [0.4, 0.5) is 5.69 Å². The number of aromatic nitrogens is 1. The zero-order valence-electron chi connectivity index (χ0n) is 23.7. The van der Waals surface area contributed by atoms with Gasteiger partial charge in [0.15, 0.2) is 5.76 Å². The van der Waals surface area contributed by atoms with E-state index >= 15 is 0 Å². The lowest BCUT2D eigenvalue weighted by atomic mass is 10.1. The number of aliphatic hydroxyl groups is 1. The van der Waals surface area contributed by atoms with Crippen molar-refractivity contribution in [2.24, 2.45) is 4.36 Å². The number of carbonyl (C=O) groups excluding carboxylic acids is 2. The van der Waals surface area contributed by atoms with Gasteiger partial charge in [0.1, 0.15) is 0 Å². The predicted octanol–water partition coefficient (Wildman–Crippen LogP) is 4.81. The van der Waals surface area contributed by atoms with Crippen molar-refractivity contribution >= 4 is 27.2 Å². The molecule has 2 aromatic carbocycles. The van der Waals surface area contributed by atoms with E-state index in [0.717, 1.165) is 18.4 Å². The van der Waals surface area contributed by atoms with E-state index in [1.165, 1.54) is 18.7 Å². The summed E-state index contributed by atoms with van der Waals surface area (Å²) in [6.07, 6.45) is 6.32. The minimum Gasteiger partial charge on any atom is -0.459 e. The number of nitrogens with zero attached hydrogens (tertiary/aromatic N) is 2. The molecule has 0 bridgehead atoms. The molecule has 1 fully saturated rings. The standard InChI is InChI=1S/C33H32N4O5S/c1-23-14-16-42-31(23)33(40)36-28-7-5-6-24(19-28)10-11-25-18-26(22-34-21-25)32(39)37-43(41,30-8-3-2-4-9-30)17-15-35-27-12-13-29(38)20-27/h2-9,14,16,18-19,21-22,27,29,35,38H,12-13,15,17,20H2,1H3,(H,36,40)/t27?,29?,43-/m0/s1. The Kier molecular flexibility index (Phi) is 9.47. The Morgan fingerprint density at radius 2 is 1.86 bits per heavy atom. The summed E-state index contributed by atoms with van der Waals surface area (Å²) < 4.78 is 23.5. The van der Waals surface area contributed by atoms with Gasteiger partial charge in [0.25, 0.3) is 11.8 Å². The first-order chi connectivity index (χ1) is 20.8. The van der Waals surface area contributed by atoms with Crippen LogP contribution in [-0.4, -0.2) is 50.6 Å². The number of aliphatic hydroxyl groups excluding tert-OH is 1. The monoisotopic (exact) mass is 596 g/mol. The highest BCUT2D eigenvalue weighted by atomic mass is 32.2. The van der Waals surface area contributed by atoms with Gasteiger partial charge in [-0.1, -0.05) is 36.1 Å². The Morgan fingerprint density at radius 3 is 2.60 bits per heavy atom. The maximum atomic E-state index is 14.0.